The summed E-state index contributed by atoms with van der Waals surface area (Å²) in [6.45, 7) is 3.99. The summed E-state index contributed by atoms with van der Waals surface area (Å²) in [7, 11) is 0. The maximum atomic E-state index is 6.35. The highest BCUT2D eigenvalue weighted by Gasteiger charge is 2.17. The lowest BCUT2D eigenvalue weighted by molar-refractivity contribution is 0.691. The Labute approximate surface area is 125 Å². The predicted octanol–water partition coefficient (Wildman–Crippen LogP) is 4.18. The van der Waals surface area contributed by atoms with Crippen LogP contribution < -0.4 is 10.6 Å². The lowest BCUT2D eigenvalue weighted by Crippen LogP contribution is -2.29. The van der Waals surface area contributed by atoms with Gasteiger partial charge in [-0.15, -0.1) is 0 Å². The van der Waals surface area contributed by atoms with E-state index in [9.17, 15) is 0 Å². The molecule has 2 aromatic carbocycles. The number of nitrogens with two attached hydrogens (primary N) is 1. The Bertz CT molecular complexity index is 637. The molecule has 0 amide bonds. The highest BCUT2D eigenvalue weighted by atomic mass is 35.5. The molecule has 2 aromatic rings. The van der Waals surface area contributed by atoms with Gasteiger partial charge in [0.05, 0.1) is 0 Å². The van der Waals surface area contributed by atoms with Crippen LogP contribution in [0.15, 0.2) is 36.4 Å². The van der Waals surface area contributed by atoms with E-state index in [2.05, 4.69) is 36.1 Å². The van der Waals surface area contributed by atoms with Gasteiger partial charge in [0.25, 0.3) is 0 Å². The fourth-order valence-electron chi connectivity index (χ4n) is 2.85. The van der Waals surface area contributed by atoms with Crippen LogP contribution in [0.5, 0.6) is 0 Å². The Morgan fingerprint density at radius 2 is 2.05 bits per heavy atom. The van der Waals surface area contributed by atoms with Gasteiger partial charge in [-0.3, -0.25) is 0 Å². The van der Waals surface area contributed by atoms with Crippen molar-refractivity contribution in [3.8, 4) is 0 Å². The molecule has 0 spiro atoms. The third-order valence-electron chi connectivity index (χ3n) is 3.89. The summed E-state index contributed by atoms with van der Waals surface area (Å²) in [4.78, 5) is 2.40. The van der Waals surface area contributed by atoms with E-state index < -0.39 is 0 Å². The average molecular weight is 287 g/mol. The normalized spacial score (nSPS) is 14.2. The third-order valence-corrected chi connectivity index (χ3v) is 4.24. The second-order valence-corrected chi connectivity index (χ2v) is 5.92. The summed E-state index contributed by atoms with van der Waals surface area (Å²) in [6, 6.07) is 12.5. The van der Waals surface area contributed by atoms with E-state index >= 15 is 0 Å². The molecule has 2 nitrogen and oxygen atoms in total. The van der Waals surface area contributed by atoms with Crippen LogP contribution in [-0.2, 0) is 13.0 Å². The Balaban J connectivity index is 1.89. The van der Waals surface area contributed by atoms with E-state index in [0.29, 0.717) is 0 Å². The monoisotopic (exact) mass is 286 g/mol. The summed E-state index contributed by atoms with van der Waals surface area (Å²) in [5.41, 5.74) is 11.7. The molecule has 0 fully saturated rings. The number of hydrogen-bond donors (Lipinski definition) is 1. The summed E-state index contributed by atoms with van der Waals surface area (Å²) in [6.07, 6.45) is 2.28. The van der Waals surface area contributed by atoms with Gasteiger partial charge in [-0.05, 0) is 60.7 Å². The van der Waals surface area contributed by atoms with Gasteiger partial charge in [-0.25, -0.2) is 0 Å². The van der Waals surface area contributed by atoms with Crippen LogP contribution in [-0.4, -0.2) is 6.54 Å². The first-order valence-electron chi connectivity index (χ1n) is 7.02. The van der Waals surface area contributed by atoms with Gasteiger partial charge in [0.2, 0.25) is 0 Å². The molecule has 0 saturated heterocycles. The van der Waals surface area contributed by atoms with Crippen LogP contribution >= 0.6 is 11.6 Å². The van der Waals surface area contributed by atoms with Crippen molar-refractivity contribution in [3.05, 3.63) is 58.1 Å². The molecule has 0 unspecified atom stereocenters. The Hall–Kier alpha value is -1.67. The van der Waals surface area contributed by atoms with E-state index in [1.54, 1.807) is 0 Å². The van der Waals surface area contributed by atoms with Crippen LogP contribution in [0.1, 0.15) is 23.1 Å². The minimum atomic E-state index is 0.846. The number of halogens is 1. The molecule has 0 aromatic heterocycles. The number of anilines is 2. The van der Waals surface area contributed by atoms with Crippen LogP contribution in [0, 0.1) is 6.92 Å². The minimum Gasteiger partial charge on any atom is -0.399 e. The first-order valence-corrected chi connectivity index (χ1v) is 7.39. The van der Waals surface area contributed by atoms with Gasteiger partial charge < -0.3 is 10.6 Å². The van der Waals surface area contributed by atoms with Gasteiger partial charge in [0.15, 0.2) is 0 Å². The second-order valence-electron chi connectivity index (χ2n) is 5.51. The molecule has 1 aliphatic rings. The van der Waals surface area contributed by atoms with Crippen LogP contribution in [0.25, 0.3) is 0 Å². The number of nitrogens with zero attached hydrogens (tertiary/aromatic N) is 1. The van der Waals surface area contributed by atoms with Crippen molar-refractivity contribution in [2.45, 2.75) is 26.3 Å². The molecule has 1 aliphatic heterocycles. The molecule has 0 saturated carbocycles. The summed E-state index contributed by atoms with van der Waals surface area (Å²) >= 11 is 6.35. The van der Waals surface area contributed by atoms with Crippen LogP contribution in [0.3, 0.4) is 0 Å². The molecule has 20 heavy (non-hydrogen) atoms. The molecule has 2 N–H and O–H groups in total. The minimum absolute atomic E-state index is 0.846. The topological polar surface area (TPSA) is 29.3 Å². The maximum Gasteiger partial charge on any atom is 0.0458 e. The number of aryl methyl sites for hydroxylation is 2. The van der Waals surface area contributed by atoms with E-state index in [0.717, 1.165) is 30.2 Å². The molecule has 1 heterocycles. The SMILES string of the molecule is Cc1ccc(CN2CCCc3cc(N)ccc32)c(Cl)c1. The summed E-state index contributed by atoms with van der Waals surface area (Å²) < 4.78 is 0. The maximum absolute atomic E-state index is 6.35. The molecule has 0 radical (unpaired) electrons. The smallest absolute Gasteiger partial charge is 0.0458 e. The molecule has 0 aliphatic carbocycles. The highest BCUT2D eigenvalue weighted by Crippen LogP contribution is 2.31. The largest absolute Gasteiger partial charge is 0.399 e. The van der Waals surface area contributed by atoms with Crippen LogP contribution in [0.4, 0.5) is 11.4 Å². The molecule has 104 valence electrons. The summed E-state index contributed by atoms with van der Waals surface area (Å²) in [5.74, 6) is 0. The molecule has 3 heteroatoms. The van der Waals surface area contributed by atoms with E-state index in [1.807, 2.05) is 12.1 Å². The van der Waals surface area contributed by atoms with Crippen molar-refractivity contribution in [1.29, 1.82) is 0 Å². The average Bonchev–Trinajstić information content (AvgIpc) is 2.41. The fourth-order valence-corrected chi connectivity index (χ4v) is 3.14. The second kappa shape index (κ2) is 5.37. The van der Waals surface area contributed by atoms with Gasteiger partial charge in [-0.1, -0.05) is 23.7 Å². The van der Waals surface area contributed by atoms with Crippen molar-refractivity contribution in [2.24, 2.45) is 0 Å². The Morgan fingerprint density at radius 3 is 2.85 bits per heavy atom. The zero-order chi connectivity index (χ0) is 14.1. The Kier molecular flexibility index (Phi) is 3.58. The standard InChI is InChI=1S/C17H19ClN2/c1-12-4-5-14(16(18)9-12)11-20-8-2-3-13-10-15(19)6-7-17(13)20/h4-7,9-10H,2-3,8,11,19H2,1H3. The quantitative estimate of drug-likeness (QED) is 0.839. The van der Waals surface area contributed by atoms with Crippen molar-refractivity contribution < 1.29 is 0 Å². The van der Waals surface area contributed by atoms with Gasteiger partial charge >= 0.3 is 0 Å². The van der Waals surface area contributed by atoms with E-state index in [4.69, 9.17) is 17.3 Å². The van der Waals surface area contributed by atoms with Crippen molar-refractivity contribution in [3.63, 3.8) is 0 Å². The molecule has 0 bridgehead atoms. The fraction of sp³-hybridized carbons (Fsp3) is 0.294. The number of nitrogen functional groups attached to an aromatic ring is 1. The number of hydrogen-bond acceptors (Lipinski definition) is 2. The first-order chi connectivity index (χ1) is 9.63. The van der Waals surface area contributed by atoms with E-state index in [1.165, 1.54) is 28.8 Å². The number of rotatable bonds is 2. The molecular weight excluding hydrogens is 268 g/mol. The van der Waals surface area contributed by atoms with Gasteiger partial charge in [-0.2, -0.15) is 0 Å². The number of benzene rings is 2. The summed E-state index contributed by atoms with van der Waals surface area (Å²) in [5, 5.41) is 0.854. The number of fused-ring (bicyclic) bond motifs is 1. The lowest BCUT2D eigenvalue weighted by atomic mass is 10.00. The zero-order valence-corrected chi connectivity index (χ0v) is 12.5. The van der Waals surface area contributed by atoms with E-state index in [-0.39, 0.29) is 0 Å². The molecular formula is C17H19ClN2. The van der Waals surface area contributed by atoms with Gasteiger partial charge in [0, 0.05) is 29.5 Å². The predicted molar refractivity (Wildman–Crippen MR) is 86.4 cm³/mol. The lowest BCUT2D eigenvalue weighted by Gasteiger charge is -2.32. The van der Waals surface area contributed by atoms with Crippen LogP contribution in [0.2, 0.25) is 5.02 Å². The first kappa shape index (κ1) is 13.3. The Morgan fingerprint density at radius 1 is 1.20 bits per heavy atom. The van der Waals surface area contributed by atoms with Crippen molar-refractivity contribution >= 4 is 23.0 Å². The zero-order valence-electron chi connectivity index (χ0n) is 11.7. The highest BCUT2D eigenvalue weighted by molar-refractivity contribution is 6.31. The van der Waals surface area contributed by atoms with Gasteiger partial charge in [0.1, 0.15) is 0 Å². The van der Waals surface area contributed by atoms with Crippen molar-refractivity contribution in [1.82, 2.24) is 0 Å². The molecule has 3 rings (SSSR count). The molecule has 0 atom stereocenters. The van der Waals surface area contributed by atoms with Crippen molar-refractivity contribution in [2.75, 3.05) is 17.2 Å². The third kappa shape index (κ3) is 2.61.